The fourth-order valence-electron chi connectivity index (χ4n) is 4.93. The Labute approximate surface area is 283 Å². The average molecular weight is 663 g/mol. The number of aromatic nitrogens is 10. The van der Waals surface area contributed by atoms with Gasteiger partial charge in [-0.2, -0.15) is 0 Å². The van der Waals surface area contributed by atoms with Gasteiger partial charge in [0, 0.05) is 57.7 Å². The number of thiazole rings is 2. The molecule has 0 fully saturated rings. The van der Waals surface area contributed by atoms with Gasteiger partial charge in [-0.1, -0.05) is 36.4 Å². The predicted molar refractivity (Wildman–Crippen MR) is 189 cm³/mol. The van der Waals surface area contributed by atoms with E-state index in [4.69, 9.17) is 0 Å². The van der Waals surface area contributed by atoms with Crippen LogP contribution in [0.1, 0.15) is 45.7 Å². The number of hydrogen-bond donors (Lipinski definition) is 2. The van der Waals surface area contributed by atoms with E-state index in [2.05, 4.69) is 73.5 Å². The van der Waals surface area contributed by atoms with Crippen molar-refractivity contribution >= 4 is 44.5 Å². The highest BCUT2D eigenvalue weighted by atomic mass is 32.1. The Hall–Kier alpha value is -6.08. The fraction of sp³-hybridized carbons (Fsp3) is 0.111. The van der Waals surface area contributed by atoms with E-state index in [9.17, 15) is 0 Å². The zero-order valence-electron chi connectivity index (χ0n) is 26.3. The van der Waals surface area contributed by atoms with Gasteiger partial charge in [-0.3, -0.25) is 0 Å². The molecule has 0 aliphatic rings. The molecule has 2 aromatic carbocycles. The van der Waals surface area contributed by atoms with Gasteiger partial charge in [-0.15, -0.1) is 22.7 Å². The lowest BCUT2D eigenvalue weighted by Gasteiger charge is -2.04. The summed E-state index contributed by atoms with van der Waals surface area (Å²) in [6.07, 6.45) is 7.08. The molecule has 0 aliphatic carbocycles. The van der Waals surface area contributed by atoms with Crippen LogP contribution in [0.5, 0.6) is 0 Å². The summed E-state index contributed by atoms with van der Waals surface area (Å²) in [6.45, 7) is 8.03. The first-order valence-corrected chi connectivity index (χ1v) is 16.6. The van der Waals surface area contributed by atoms with Crippen molar-refractivity contribution < 1.29 is 0 Å². The third-order valence-corrected chi connectivity index (χ3v) is 8.85. The van der Waals surface area contributed by atoms with Crippen LogP contribution in [-0.4, -0.2) is 49.8 Å². The molecule has 2 N–H and O–H groups in total. The summed E-state index contributed by atoms with van der Waals surface area (Å²) < 4.78 is 0. The fourth-order valence-corrected chi connectivity index (χ4v) is 6.11. The molecule has 0 bridgehead atoms. The second-order valence-corrected chi connectivity index (χ2v) is 12.4. The van der Waals surface area contributed by atoms with E-state index in [1.807, 2.05) is 74.9 Å². The molecule has 0 radical (unpaired) electrons. The van der Waals surface area contributed by atoms with Crippen LogP contribution in [-0.2, 0) is 0 Å². The molecule has 0 saturated heterocycles. The summed E-state index contributed by atoms with van der Waals surface area (Å²) in [5.74, 6) is 14.3. The summed E-state index contributed by atoms with van der Waals surface area (Å²) in [5.41, 5.74) is 7.41. The average Bonchev–Trinajstić information content (AvgIpc) is 3.92. The molecule has 0 amide bonds. The van der Waals surface area contributed by atoms with E-state index in [0.717, 1.165) is 65.9 Å². The zero-order valence-corrected chi connectivity index (χ0v) is 28.0. The number of aryl methyl sites for hydroxylation is 4. The number of rotatable bonds is 2. The molecular weight excluding hydrogens is 637 g/mol. The van der Waals surface area contributed by atoms with Crippen molar-refractivity contribution in [2.45, 2.75) is 27.7 Å². The molecule has 232 valence electrons. The van der Waals surface area contributed by atoms with Crippen LogP contribution in [0.3, 0.4) is 0 Å². The van der Waals surface area contributed by atoms with Gasteiger partial charge in [0.1, 0.15) is 16.4 Å². The number of benzene rings is 2. The van der Waals surface area contributed by atoms with Gasteiger partial charge in [0.2, 0.25) is 11.6 Å². The zero-order chi connectivity index (χ0) is 33.0. The molecule has 0 spiro atoms. The summed E-state index contributed by atoms with van der Waals surface area (Å²) in [4.78, 5) is 41.6. The highest BCUT2D eigenvalue weighted by molar-refractivity contribution is 7.13. The number of fused-ring (bicyclic) bond motifs is 2. The van der Waals surface area contributed by atoms with Gasteiger partial charge in [-0.25, -0.2) is 39.9 Å². The van der Waals surface area contributed by atoms with Crippen LogP contribution in [0.25, 0.3) is 43.3 Å². The molecule has 8 rings (SSSR count). The van der Waals surface area contributed by atoms with Crippen LogP contribution >= 0.6 is 22.7 Å². The molecule has 12 heteroatoms. The van der Waals surface area contributed by atoms with Gasteiger partial charge in [-0.05, 0) is 62.5 Å². The SMILES string of the molecule is Cc1nc(C#Cc2c[nH]c(-c3nccs3)n2)nc2c(C)cccc12.Cc1nc(C#Cc2nc(-c3nccs3)c[nH]2)nc2c(C)cccc12. The molecule has 6 heterocycles. The maximum atomic E-state index is 4.57. The van der Waals surface area contributed by atoms with Crippen molar-refractivity contribution in [1.29, 1.82) is 0 Å². The van der Waals surface area contributed by atoms with Crippen molar-refractivity contribution in [3.8, 4) is 45.2 Å². The smallest absolute Gasteiger partial charge is 0.206 e. The molecule has 6 aromatic heterocycles. The van der Waals surface area contributed by atoms with Crippen molar-refractivity contribution in [2.75, 3.05) is 0 Å². The number of aromatic amines is 2. The Morgan fingerprint density at radius 1 is 0.583 bits per heavy atom. The predicted octanol–water partition coefficient (Wildman–Crippen LogP) is 6.99. The number of hydrogen-bond acceptors (Lipinski definition) is 10. The van der Waals surface area contributed by atoms with E-state index < -0.39 is 0 Å². The van der Waals surface area contributed by atoms with Crippen LogP contribution in [0, 0.1) is 51.4 Å². The van der Waals surface area contributed by atoms with Crippen LogP contribution in [0.4, 0.5) is 0 Å². The third kappa shape index (κ3) is 6.57. The van der Waals surface area contributed by atoms with E-state index in [-0.39, 0.29) is 0 Å². The molecule has 8 aromatic rings. The van der Waals surface area contributed by atoms with E-state index in [0.29, 0.717) is 23.2 Å². The van der Waals surface area contributed by atoms with Gasteiger partial charge in [0.15, 0.2) is 16.7 Å². The third-order valence-electron chi connectivity index (χ3n) is 7.27. The van der Waals surface area contributed by atoms with E-state index in [1.165, 1.54) is 11.3 Å². The quantitative estimate of drug-likeness (QED) is 0.189. The first-order valence-electron chi connectivity index (χ1n) is 14.8. The second-order valence-electron chi connectivity index (χ2n) is 10.7. The first-order chi connectivity index (χ1) is 23.4. The topological polar surface area (TPSA) is 135 Å². The second kappa shape index (κ2) is 13.3. The first kappa shape index (κ1) is 30.6. The van der Waals surface area contributed by atoms with Crippen molar-refractivity contribution in [3.63, 3.8) is 0 Å². The molecule has 10 nitrogen and oxygen atoms in total. The normalized spacial score (nSPS) is 10.6. The van der Waals surface area contributed by atoms with Gasteiger partial charge >= 0.3 is 0 Å². The maximum absolute atomic E-state index is 4.57. The maximum Gasteiger partial charge on any atom is 0.206 e. The monoisotopic (exact) mass is 662 g/mol. The number of nitrogens with one attached hydrogen (secondary N) is 2. The number of para-hydroxylation sites is 2. The van der Waals surface area contributed by atoms with E-state index >= 15 is 0 Å². The molecule has 0 unspecified atom stereocenters. The molecule has 48 heavy (non-hydrogen) atoms. The Bertz CT molecular complexity index is 2350. The number of imidazole rings is 2. The van der Waals surface area contributed by atoms with Crippen LogP contribution < -0.4 is 0 Å². The molecule has 0 aliphatic heterocycles. The molecule has 0 atom stereocenters. The Kier molecular flexibility index (Phi) is 8.49. The van der Waals surface area contributed by atoms with Crippen LogP contribution in [0.2, 0.25) is 0 Å². The van der Waals surface area contributed by atoms with Gasteiger partial charge in [0.25, 0.3) is 0 Å². The Morgan fingerprint density at radius 3 is 1.79 bits per heavy atom. The largest absolute Gasteiger partial charge is 0.341 e. The van der Waals surface area contributed by atoms with Gasteiger partial charge in [0.05, 0.1) is 11.0 Å². The summed E-state index contributed by atoms with van der Waals surface area (Å²) >= 11 is 3.07. The van der Waals surface area contributed by atoms with Crippen molar-refractivity contribution in [3.05, 3.63) is 118 Å². The van der Waals surface area contributed by atoms with Crippen molar-refractivity contribution in [2.24, 2.45) is 0 Å². The minimum absolute atomic E-state index is 0.501. The minimum atomic E-state index is 0.501. The molecular formula is C36H26N10S2. The lowest BCUT2D eigenvalue weighted by atomic mass is 10.1. The highest BCUT2D eigenvalue weighted by Crippen LogP contribution is 2.21. The van der Waals surface area contributed by atoms with Gasteiger partial charge < -0.3 is 9.97 Å². The number of nitrogens with zero attached hydrogens (tertiary/aromatic N) is 8. The molecule has 0 saturated carbocycles. The summed E-state index contributed by atoms with van der Waals surface area (Å²) in [5, 5.41) is 7.67. The van der Waals surface area contributed by atoms with Crippen molar-refractivity contribution in [1.82, 2.24) is 49.8 Å². The lowest BCUT2D eigenvalue weighted by molar-refractivity contribution is 1.11. The minimum Gasteiger partial charge on any atom is -0.341 e. The summed E-state index contributed by atoms with van der Waals surface area (Å²) in [6, 6.07) is 12.2. The lowest BCUT2D eigenvalue weighted by Crippen LogP contribution is -1.96. The van der Waals surface area contributed by atoms with Crippen LogP contribution in [0.15, 0.2) is 71.9 Å². The highest BCUT2D eigenvalue weighted by Gasteiger charge is 2.08. The Balaban J connectivity index is 0.000000152. The van der Waals surface area contributed by atoms with E-state index in [1.54, 1.807) is 36.1 Å². The number of H-pyrrole nitrogens is 2. The summed E-state index contributed by atoms with van der Waals surface area (Å²) in [7, 11) is 0. The Morgan fingerprint density at radius 2 is 1.19 bits per heavy atom. The standard InChI is InChI=1S/2C18H13N5S/c1-11-4-3-5-14-12(2)21-15(23-16(11)14)7-6-13-10-20-17(22-13)18-19-8-9-24-18;1-11-4-3-5-13-12(2)21-16(23-17(11)13)7-6-15-20-10-14(22-15)18-19-8-9-24-18/h2*3-5,8-10H,1-2H3,(H,20,22).